The molecule has 1 unspecified atom stereocenters. The van der Waals surface area contributed by atoms with Gasteiger partial charge in [-0.3, -0.25) is 0 Å². The van der Waals surface area contributed by atoms with Crippen molar-refractivity contribution in [1.82, 2.24) is 0 Å². The third-order valence-corrected chi connectivity index (χ3v) is 3.34. The van der Waals surface area contributed by atoms with Crippen molar-refractivity contribution >= 4 is 17.7 Å². The molecular weight excluding hydrogens is 215 g/mol. The largest absolute Gasteiger partial charge is 0.478 e. The molecule has 1 atom stereocenters. The van der Waals surface area contributed by atoms with Crippen molar-refractivity contribution in [3.63, 3.8) is 0 Å². The van der Waals surface area contributed by atoms with Crippen LogP contribution >= 0.6 is 11.8 Å². The van der Waals surface area contributed by atoms with Gasteiger partial charge in [-0.15, -0.1) is 11.8 Å². The molecule has 4 heteroatoms. The van der Waals surface area contributed by atoms with Crippen LogP contribution in [0.5, 0.6) is 0 Å². The van der Waals surface area contributed by atoms with Crippen molar-refractivity contribution in [1.29, 1.82) is 0 Å². The van der Waals surface area contributed by atoms with Crippen molar-refractivity contribution in [2.45, 2.75) is 30.4 Å². The second-order valence-corrected chi connectivity index (χ2v) is 4.80. The van der Waals surface area contributed by atoms with Crippen LogP contribution in [0.15, 0.2) is 23.1 Å². The Morgan fingerprint density at radius 3 is 2.80 bits per heavy atom. The summed E-state index contributed by atoms with van der Waals surface area (Å²) in [6.45, 7) is 4.10. The summed E-state index contributed by atoms with van der Waals surface area (Å²) in [5.74, 6) is -1.91. The molecule has 0 saturated carbocycles. The first-order chi connectivity index (χ1) is 7.04. The van der Waals surface area contributed by atoms with Gasteiger partial charge in [-0.2, -0.15) is 0 Å². The van der Waals surface area contributed by atoms with Gasteiger partial charge in [0.2, 0.25) is 0 Å². The summed E-state index contributed by atoms with van der Waals surface area (Å²) >= 11 is 1.55. The van der Waals surface area contributed by atoms with Crippen LogP contribution in [-0.2, 0) is 0 Å². The van der Waals surface area contributed by atoms with Crippen molar-refractivity contribution < 1.29 is 14.3 Å². The van der Waals surface area contributed by atoms with Gasteiger partial charge >= 0.3 is 5.97 Å². The number of carbonyl (C=O) groups is 1. The fourth-order valence-electron chi connectivity index (χ4n) is 1.06. The van der Waals surface area contributed by atoms with Crippen LogP contribution in [0.25, 0.3) is 0 Å². The second kappa shape index (κ2) is 5.16. The number of hydrogen-bond donors (Lipinski definition) is 1. The molecule has 0 aliphatic rings. The normalized spacial score (nSPS) is 12.5. The molecule has 0 fully saturated rings. The van der Waals surface area contributed by atoms with E-state index in [1.807, 2.05) is 0 Å². The van der Waals surface area contributed by atoms with Crippen LogP contribution in [0.4, 0.5) is 4.39 Å². The molecule has 0 saturated heterocycles. The van der Waals surface area contributed by atoms with Crippen LogP contribution in [0.2, 0.25) is 0 Å². The van der Waals surface area contributed by atoms with E-state index in [0.717, 1.165) is 11.3 Å². The number of carboxylic acid groups (broad SMARTS) is 1. The first-order valence-corrected chi connectivity index (χ1v) is 5.62. The summed E-state index contributed by atoms with van der Waals surface area (Å²) in [5.41, 5.74) is -0.261. The predicted octanol–water partition coefficient (Wildman–Crippen LogP) is 3.41. The zero-order chi connectivity index (χ0) is 11.4. The predicted molar refractivity (Wildman–Crippen MR) is 59.0 cm³/mol. The van der Waals surface area contributed by atoms with Crippen LogP contribution in [0, 0.1) is 5.82 Å². The first kappa shape index (κ1) is 12.0. The Hall–Kier alpha value is -1.03. The highest BCUT2D eigenvalue weighted by molar-refractivity contribution is 7.99. The molecule has 0 aliphatic carbocycles. The standard InChI is InChI=1S/C11H13FO2S/c1-3-7(2)15-8-4-5-10(12)9(6-8)11(13)14/h4-7H,3H2,1-2H3,(H,13,14). The zero-order valence-electron chi connectivity index (χ0n) is 8.66. The molecule has 1 rings (SSSR count). The maximum absolute atomic E-state index is 13.0. The van der Waals surface area contributed by atoms with Gasteiger partial charge in [0, 0.05) is 10.1 Å². The molecule has 0 amide bonds. The number of thioether (sulfide) groups is 1. The summed E-state index contributed by atoms with van der Waals surface area (Å²) in [6.07, 6.45) is 0.991. The average Bonchev–Trinajstić information content (AvgIpc) is 2.20. The third kappa shape index (κ3) is 3.23. The van der Waals surface area contributed by atoms with E-state index in [0.29, 0.717) is 5.25 Å². The molecule has 2 nitrogen and oxygen atoms in total. The van der Waals surface area contributed by atoms with Crippen molar-refractivity contribution in [2.24, 2.45) is 0 Å². The molecule has 0 aromatic heterocycles. The zero-order valence-corrected chi connectivity index (χ0v) is 9.47. The molecule has 1 N–H and O–H groups in total. The summed E-state index contributed by atoms with van der Waals surface area (Å²) in [4.78, 5) is 11.5. The Bertz CT molecular complexity index is 366. The molecule has 82 valence electrons. The highest BCUT2D eigenvalue weighted by Crippen LogP contribution is 2.26. The maximum Gasteiger partial charge on any atom is 0.338 e. The van der Waals surface area contributed by atoms with Crippen LogP contribution < -0.4 is 0 Å². The molecule has 0 radical (unpaired) electrons. The van der Waals surface area contributed by atoms with E-state index >= 15 is 0 Å². The summed E-state index contributed by atoms with van der Waals surface area (Å²) < 4.78 is 13.0. The van der Waals surface area contributed by atoms with Gasteiger partial charge < -0.3 is 5.11 Å². The lowest BCUT2D eigenvalue weighted by atomic mass is 10.2. The Balaban J connectivity index is 2.92. The molecular formula is C11H13FO2S. The molecule has 1 aromatic carbocycles. The number of rotatable bonds is 4. The van der Waals surface area contributed by atoms with Crippen LogP contribution in [0.3, 0.4) is 0 Å². The van der Waals surface area contributed by atoms with E-state index in [-0.39, 0.29) is 5.56 Å². The quantitative estimate of drug-likeness (QED) is 0.802. The Kier molecular flexibility index (Phi) is 4.15. The minimum Gasteiger partial charge on any atom is -0.478 e. The van der Waals surface area contributed by atoms with E-state index in [1.165, 1.54) is 12.1 Å². The lowest BCUT2D eigenvalue weighted by Crippen LogP contribution is -2.01. The van der Waals surface area contributed by atoms with Gasteiger partial charge in [-0.25, -0.2) is 9.18 Å². The van der Waals surface area contributed by atoms with E-state index in [9.17, 15) is 9.18 Å². The van der Waals surface area contributed by atoms with Crippen molar-refractivity contribution in [2.75, 3.05) is 0 Å². The van der Waals surface area contributed by atoms with Gasteiger partial charge in [-0.05, 0) is 24.6 Å². The third-order valence-electron chi connectivity index (χ3n) is 2.08. The van der Waals surface area contributed by atoms with Gasteiger partial charge in [-0.1, -0.05) is 13.8 Å². The minimum atomic E-state index is -1.22. The lowest BCUT2D eigenvalue weighted by molar-refractivity contribution is 0.0691. The van der Waals surface area contributed by atoms with Crippen molar-refractivity contribution in [3.8, 4) is 0 Å². The molecule has 0 spiro atoms. The minimum absolute atomic E-state index is 0.261. The number of halogens is 1. The van der Waals surface area contributed by atoms with Gasteiger partial charge in [0.25, 0.3) is 0 Å². The first-order valence-electron chi connectivity index (χ1n) is 4.74. The van der Waals surface area contributed by atoms with Gasteiger partial charge in [0.05, 0.1) is 5.56 Å². The lowest BCUT2D eigenvalue weighted by Gasteiger charge is -2.08. The molecule has 1 aromatic rings. The fourth-order valence-corrected chi connectivity index (χ4v) is 2.02. The topological polar surface area (TPSA) is 37.3 Å². The molecule has 0 bridgehead atoms. The summed E-state index contributed by atoms with van der Waals surface area (Å²) in [5, 5.41) is 9.13. The second-order valence-electron chi connectivity index (χ2n) is 3.28. The maximum atomic E-state index is 13.0. The number of benzene rings is 1. The number of hydrogen-bond acceptors (Lipinski definition) is 2. The van der Waals surface area contributed by atoms with Crippen LogP contribution in [-0.4, -0.2) is 16.3 Å². The monoisotopic (exact) mass is 228 g/mol. The van der Waals surface area contributed by atoms with E-state index < -0.39 is 11.8 Å². The van der Waals surface area contributed by atoms with Crippen LogP contribution in [0.1, 0.15) is 30.6 Å². The Labute approximate surface area is 92.5 Å². The summed E-state index contributed by atoms with van der Waals surface area (Å²) in [7, 11) is 0. The van der Waals surface area contributed by atoms with Crippen molar-refractivity contribution in [3.05, 3.63) is 29.6 Å². The van der Waals surface area contributed by atoms with E-state index in [4.69, 9.17) is 5.11 Å². The highest BCUT2D eigenvalue weighted by Gasteiger charge is 2.11. The number of carboxylic acids is 1. The Morgan fingerprint density at radius 1 is 1.60 bits per heavy atom. The van der Waals surface area contributed by atoms with Gasteiger partial charge in [0.1, 0.15) is 5.82 Å². The molecule has 0 heterocycles. The summed E-state index contributed by atoms with van der Waals surface area (Å²) in [6, 6.07) is 4.20. The SMILES string of the molecule is CCC(C)Sc1ccc(F)c(C(=O)O)c1. The van der Waals surface area contributed by atoms with E-state index in [1.54, 1.807) is 17.8 Å². The highest BCUT2D eigenvalue weighted by atomic mass is 32.2. The van der Waals surface area contributed by atoms with E-state index in [2.05, 4.69) is 13.8 Å². The van der Waals surface area contributed by atoms with Gasteiger partial charge in [0.15, 0.2) is 0 Å². The fraction of sp³-hybridized carbons (Fsp3) is 0.364. The molecule has 0 aliphatic heterocycles. The number of aromatic carboxylic acids is 1. The smallest absolute Gasteiger partial charge is 0.338 e. The average molecular weight is 228 g/mol. The Morgan fingerprint density at radius 2 is 2.27 bits per heavy atom. The molecule has 15 heavy (non-hydrogen) atoms.